The highest BCUT2D eigenvalue weighted by atomic mass is 79.9. The van der Waals surface area contributed by atoms with E-state index in [1.807, 2.05) is 0 Å². The standard InChI is InChI=1S/C12H7BrN4O2/c13-8-4-16-9(5-15-8)17-11(18)6-2-1-3-7(14)10(6)12(17)19/h1-5H,14H2. The molecule has 1 aliphatic rings. The number of amides is 2. The van der Waals surface area contributed by atoms with E-state index in [9.17, 15) is 9.59 Å². The Hall–Kier alpha value is -2.28. The second-order valence-electron chi connectivity index (χ2n) is 3.91. The van der Waals surface area contributed by atoms with Gasteiger partial charge in [0.05, 0.1) is 23.5 Å². The van der Waals surface area contributed by atoms with Crippen LogP contribution in [0.5, 0.6) is 0 Å². The Labute approximate surface area is 116 Å². The van der Waals surface area contributed by atoms with Crippen molar-refractivity contribution in [3.05, 3.63) is 46.3 Å². The second-order valence-corrected chi connectivity index (χ2v) is 4.73. The van der Waals surface area contributed by atoms with Gasteiger partial charge >= 0.3 is 0 Å². The molecule has 0 aliphatic carbocycles. The highest BCUT2D eigenvalue weighted by molar-refractivity contribution is 9.10. The molecule has 7 heteroatoms. The molecule has 0 atom stereocenters. The molecule has 0 unspecified atom stereocenters. The summed E-state index contributed by atoms with van der Waals surface area (Å²) in [6, 6.07) is 4.79. The van der Waals surface area contributed by atoms with E-state index < -0.39 is 11.8 Å². The minimum atomic E-state index is -0.477. The van der Waals surface area contributed by atoms with E-state index in [0.29, 0.717) is 4.60 Å². The summed E-state index contributed by atoms with van der Waals surface area (Å²) in [5.74, 6) is -0.743. The Morgan fingerprint density at radius 3 is 2.53 bits per heavy atom. The van der Waals surface area contributed by atoms with E-state index in [1.54, 1.807) is 18.2 Å². The molecule has 94 valence electrons. The van der Waals surface area contributed by atoms with E-state index in [1.165, 1.54) is 12.4 Å². The van der Waals surface area contributed by atoms with Crippen molar-refractivity contribution < 1.29 is 9.59 Å². The third-order valence-corrected chi connectivity index (χ3v) is 3.19. The molecule has 0 bridgehead atoms. The van der Waals surface area contributed by atoms with Crippen LogP contribution in [0.4, 0.5) is 11.5 Å². The normalized spacial score (nSPS) is 13.8. The van der Waals surface area contributed by atoms with Gasteiger partial charge in [0.2, 0.25) is 0 Å². The number of carbonyl (C=O) groups excluding carboxylic acids is 2. The molecule has 3 rings (SSSR count). The van der Waals surface area contributed by atoms with Crippen LogP contribution in [-0.4, -0.2) is 21.8 Å². The molecule has 2 heterocycles. The van der Waals surface area contributed by atoms with E-state index in [4.69, 9.17) is 5.73 Å². The van der Waals surface area contributed by atoms with Crippen LogP contribution >= 0.6 is 15.9 Å². The van der Waals surface area contributed by atoms with Crippen molar-refractivity contribution in [3.63, 3.8) is 0 Å². The number of anilines is 2. The van der Waals surface area contributed by atoms with Crippen LogP contribution in [-0.2, 0) is 0 Å². The van der Waals surface area contributed by atoms with Gasteiger partial charge in [-0.15, -0.1) is 0 Å². The fourth-order valence-electron chi connectivity index (χ4n) is 1.94. The maximum absolute atomic E-state index is 12.3. The summed E-state index contributed by atoms with van der Waals surface area (Å²) in [7, 11) is 0. The summed E-state index contributed by atoms with van der Waals surface area (Å²) in [5.41, 5.74) is 6.53. The van der Waals surface area contributed by atoms with Crippen molar-refractivity contribution in [2.45, 2.75) is 0 Å². The lowest BCUT2D eigenvalue weighted by atomic mass is 10.1. The van der Waals surface area contributed by atoms with Gasteiger partial charge in [0.25, 0.3) is 11.8 Å². The van der Waals surface area contributed by atoms with Crippen LogP contribution in [0, 0.1) is 0 Å². The van der Waals surface area contributed by atoms with E-state index in [0.717, 1.165) is 4.90 Å². The topological polar surface area (TPSA) is 89.2 Å². The SMILES string of the molecule is Nc1cccc2c1C(=O)N(c1cnc(Br)cn1)C2=O. The Balaban J connectivity index is 2.13. The first-order valence-electron chi connectivity index (χ1n) is 5.34. The molecule has 2 N–H and O–H groups in total. The third-order valence-electron chi connectivity index (χ3n) is 2.78. The fraction of sp³-hybridized carbons (Fsp3) is 0. The molecule has 6 nitrogen and oxygen atoms in total. The molecule has 1 aromatic carbocycles. The zero-order chi connectivity index (χ0) is 13.6. The number of nitrogens with two attached hydrogens (primary N) is 1. The van der Waals surface area contributed by atoms with Crippen molar-refractivity contribution in [2.75, 3.05) is 10.6 Å². The van der Waals surface area contributed by atoms with Gasteiger partial charge in [0.15, 0.2) is 5.82 Å². The lowest BCUT2D eigenvalue weighted by molar-refractivity contribution is 0.0925. The van der Waals surface area contributed by atoms with Gasteiger partial charge in [-0.3, -0.25) is 9.59 Å². The van der Waals surface area contributed by atoms with Crippen molar-refractivity contribution in [2.24, 2.45) is 0 Å². The highest BCUT2D eigenvalue weighted by Crippen LogP contribution is 2.30. The molecular weight excluding hydrogens is 312 g/mol. The number of hydrogen-bond acceptors (Lipinski definition) is 5. The number of rotatable bonds is 1. The van der Waals surface area contributed by atoms with Gasteiger partial charge in [-0.25, -0.2) is 14.9 Å². The lowest BCUT2D eigenvalue weighted by Gasteiger charge is -2.11. The van der Waals surface area contributed by atoms with Crippen molar-refractivity contribution in [1.82, 2.24) is 9.97 Å². The maximum Gasteiger partial charge on any atom is 0.269 e. The predicted octanol–water partition coefficient (Wildman–Crippen LogP) is 1.62. The molecule has 0 fully saturated rings. The summed E-state index contributed by atoms with van der Waals surface area (Å²) < 4.78 is 0.521. The van der Waals surface area contributed by atoms with Gasteiger partial charge in [-0.1, -0.05) is 6.07 Å². The summed E-state index contributed by atoms with van der Waals surface area (Å²) in [4.78, 5) is 33.4. The highest BCUT2D eigenvalue weighted by Gasteiger charge is 2.38. The van der Waals surface area contributed by atoms with E-state index >= 15 is 0 Å². The number of halogens is 1. The Bertz CT molecular complexity index is 699. The first-order chi connectivity index (χ1) is 9.09. The number of nitrogens with zero attached hydrogens (tertiary/aromatic N) is 3. The number of carbonyl (C=O) groups is 2. The van der Waals surface area contributed by atoms with Crippen LogP contribution in [0.15, 0.2) is 35.2 Å². The summed E-state index contributed by atoms with van der Waals surface area (Å²) >= 11 is 3.14. The molecule has 0 radical (unpaired) electrons. The quantitative estimate of drug-likeness (QED) is 0.637. The fourth-order valence-corrected chi connectivity index (χ4v) is 2.15. The molecule has 0 spiro atoms. The summed E-state index contributed by atoms with van der Waals surface area (Å²) in [5, 5.41) is 0. The van der Waals surface area contributed by atoms with Crippen LogP contribution in [0.3, 0.4) is 0 Å². The van der Waals surface area contributed by atoms with Crippen LogP contribution in [0.25, 0.3) is 0 Å². The predicted molar refractivity (Wildman–Crippen MR) is 71.7 cm³/mol. The van der Waals surface area contributed by atoms with Gasteiger partial charge in [0.1, 0.15) is 4.60 Å². The van der Waals surface area contributed by atoms with Gasteiger partial charge in [-0.2, -0.15) is 0 Å². The maximum atomic E-state index is 12.3. The molecular formula is C12H7BrN4O2. The summed E-state index contributed by atoms with van der Waals surface area (Å²) in [6.07, 6.45) is 2.77. The largest absolute Gasteiger partial charge is 0.398 e. The second kappa shape index (κ2) is 4.13. The number of hydrogen-bond donors (Lipinski definition) is 1. The average Bonchev–Trinajstić information content (AvgIpc) is 2.65. The minimum Gasteiger partial charge on any atom is -0.398 e. The van der Waals surface area contributed by atoms with E-state index in [-0.39, 0.29) is 22.6 Å². The molecule has 19 heavy (non-hydrogen) atoms. The molecule has 1 aliphatic heterocycles. The van der Waals surface area contributed by atoms with E-state index in [2.05, 4.69) is 25.9 Å². The third kappa shape index (κ3) is 1.70. The molecule has 0 saturated heterocycles. The Morgan fingerprint density at radius 1 is 1.11 bits per heavy atom. The van der Waals surface area contributed by atoms with Gasteiger partial charge < -0.3 is 5.73 Å². The monoisotopic (exact) mass is 318 g/mol. The van der Waals surface area contributed by atoms with Crippen molar-refractivity contribution >= 4 is 39.2 Å². The van der Waals surface area contributed by atoms with Crippen molar-refractivity contribution in [1.29, 1.82) is 0 Å². The van der Waals surface area contributed by atoms with Crippen LogP contribution in [0.2, 0.25) is 0 Å². The molecule has 0 saturated carbocycles. The number of imide groups is 1. The number of nitrogen functional groups attached to an aromatic ring is 1. The zero-order valence-corrected chi connectivity index (χ0v) is 11.1. The number of benzene rings is 1. The van der Waals surface area contributed by atoms with Crippen LogP contribution < -0.4 is 10.6 Å². The average molecular weight is 319 g/mol. The first-order valence-corrected chi connectivity index (χ1v) is 6.13. The molecule has 1 aromatic heterocycles. The first kappa shape index (κ1) is 11.8. The smallest absolute Gasteiger partial charge is 0.269 e. The number of aromatic nitrogens is 2. The summed E-state index contributed by atoms with van der Waals surface area (Å²) in [6.45, 7) is 0. The van der Waals surface area contributed by atoms with Gasteiger partial charge in [0, 0.05) is 5.69 Å². The Morgan fingerprint density at radius 2 is 1.89 bits per heavy atom. The van der Waals surface area contributed by atoms with Gasteiger partial charge in [-0.05, 0) is 28.1 Å². The lowest BCUT2D eigenvalue weighted by Crippen LogP contribution is -2.30. The Kier molecular flexibility index (Phi) is 2.56. The molecule has 2 amide bonds. The minimum absolute atomic E-state index is 0.175. The van der Waals surface area contributed by atoms with Crippen LogP contribution in [0.1, 0.15) is 20.7 Å². The number of fused-ring (bicyclic) bond motifs is 1. The molecule has 2 aromatic rings. The zero-order valence-electron chi connectivity index (χ0n) is 9.50. The van der Waals surface area contributed by atoms with Crippen molar-refractivity contribution in [3.8, 4) is 0 Å².